The Morgan fingerprint density at radius 2 is 1.85 bits per heavy atom. The molecule has 0 heterocycles. The van der Waals surface area contributed by atoms with Crippen LogP contribution >= 0.6 is 22.6 Å². The van der Waals surface area contributed by atoms with Crippen molar-refractivity contribution in [2.24, 2.45) is 0 Å². The third kappa shape index (κ3) is 3.22. The molecule has 0 amide bonds. The number of ether oxygens (including phenoxy) is 1. The Bertz CT molecular complexity index is 558. The summed E-state index contributed by atoms with van der Waals surface area (Å²) in [5, 5.41) is 10.4. The molecule has 8 heteroatoms. The minimum Gasteiger partial charge on any atom is -0.544 e. The number of carbonyl (C=O) groups excluding carboxylic acids is 2. The molecular weight excluding hydrogens is 392 g/mol. The van der Waals surface area contributed by atoms with Gasteiger partial charge in [-0.2, -0.15) is 8.78 Å². The Kier molecular flexibility index (Phi) is 4.67. The van der Waals surface area contributed by atoms with Crippen molar-refractivity contribution < 1.29 is 32.6 Å². The molecule has 0 aliphatic carbocycles. The summed E-state index contributed by atoms with van der Waals surface area (Å²) in [5.41, 5.74) is -3.24. The highest BCUT2D eigenvalue weighted by molar-refractivity contribution is 14.1. The van der Waals surface area contributed by atoms with Crippen LogP contribution in [0.5, 0.6) is 0 Å². The summed E-state index contributed by atoms with van der Waals surface area (Å²) in [7, 11) is 0. The van der Waals surface area contributed by atoms with E-state index in [0.29, 0.717) is 17.4 Å². The zero-order valence-corrected chi connectivity index (χ0v) is 12.5. The smallest absolute Gasteiger partial charge is 0.341 e. The highest BCUT2D eigenvalue weighted by Gasteiger charge is 2.51. The molecule has 0 radical (unpaired) electrons. The second-order valence-corrected chi connectivity index (χ2v) is 5.63. The third-order valence-electron chi connectivity index (χ3n) is 2.51. The van der Waals surface area contributed by atoms with E-state index in [1.807, 2.05) is 0 Å². The molecule has 0 fully saturated rings. The lowest BCUT2D eigenvalue weighted by molar-refractivity contribution is -0.341. The summed E-state index contributed by atoms with van der Waals surface area (Å²) in [6.45, 7) is 1.40. The Morgan fingerprint density at radius 3 is 2.35 bits per heavy atom. The number of carboxylic acids is 1. The van der Waals surface area contributed by atoms with E-state index >= 15 is 0 Å². The van der Waals surface area contributed by atoms with Gasteiger partial charge in [-0.1, -0.05) is 0 Å². The van der Waals surface area contributed by atoms with E-state index in [4.69, 9.17) is 0 Å². The summed E-state index contributed by atoms with van der Waals surface area (Å²) in [6.07, 6.45) is 0. The highest BCUT2D eigenvalue weighted by Crippen LogP contribution is 2.32. The summed E-state index contributed by atoms with van der Waals surface area (Å²) >= 11 is 1.79. The Labute approximate surface area is 126 Å². The van der Waals surface area contributed by atoms with Gasteiger partial charge in [-0.05, 0) is 54.6 Å². The van der Waals surface area contributed by atoms with E-state index in [-0.39, 0.29) is 0 Å². The number of aliphatic carboxylic acids is 1. The molecule has 1 aromatic rings. The lowest BCUT2D eigenvalue weighted by Crippen LogP contribution is -2.57. The van der Waals surface area contributed by atoms with E-state index < -0.39 is 34.8 Å². The minimum atomic E-state index is -4.42. The van der Waals surface area contributed by atoms with E-state index in [9.17, 15) is 27.9 Å². The van der Waals surface area contributed by atoms with Gasteiger partial charge in [-0.15, -0.1) is 0 Å². The molecule has 20 heavy (non-hydrogen) atoms. The van der Waals surface area contributed by atoms with Gasteiger partial charge in [-0.3, -0.25) is 0 Å². The molecule has 4 nitrogen and oxygen atoms in total. The molecule has 0 aromatic heterocycles. The zero-order valence-electron chi connectivity index (χ0n) is 10.4. The van der Waals surface area contributed by atoms with Gasteiger partial charge < -0.3 is 14.6 Å². The zero-order chi connectivity index (χ0) is 15.7. The Hall–Kier alpha value is -1.32. The highest BCUT2D eigenvalue weighted by atomic mass is 127. The third-order valence-corrected chi connectivity index (χ3v) is 3.18. The van der Waals surface area contributed by atoms with E-state index in [0.717, 1.165) is 12.1 Å². The van der Waals surface area contributed by atoms with Gasteiger partial charge in [0.15, 0.2) is 5.60 Å². The van der Waals surface area contributed by atoms with Gasteiger partial charge in [0.1, 0.15) is 11.8 Å². The van der Waals surface area contributed by atoms with Crippen molar-refractivity contribution in [2.75, 3.05) is 0 Å². The van der Waals surface area contributed by atoms with Crippen LogP contribution in [0.4, 0.5) is 13.2 Å². The maximum absolute atomic E-state index is 13.4. The first-order valence-corrected chi connectivity index (χ1v) is 6.34. The number of alkyl halides is 2. The Morgan fingerprint density at radius 1 is 1.30 bits per heavy atom. The molecule has 0 spiro atoms. The summed E-state index contributed by atoms with van der Waals surface area (Å²) in [5.74, 6) is -9.44. The van der Waals surface area contributed by atoms with Gasteiger partial charge in [0, 0.05) is 3.57 Å². The van der Waals surface area contributed by atoms with Crippen molar-refractivity contribution >= 4 is 34.5 Å². The fraction of sp³-hybridized carbons (Fsp3) is 0.333. The van der Waals surface area contributed by atoms with Crippen LogP contribution in [-0.2, 0) is 9.53 Å². The number of hydrogen-bond donors (Lipinski definition) is 0. The number of carbonyl (C=O) groups is 2. The first kappa shape index (κ1) is 16.7. The van der Waals surface area contributed by atoms with Crippen LogP contribution < -0.4 is 5.11 Å². The predicted molar refractivity (Wildman–Crippen MR) is 68.6 cm³/mol. The molecule has 1 rings (SSSR count). The van der Waals surface area contributed by atoms with Crippen LogP contribution in [0.25, 0.3) is 0 Å². The van der Waals surface area contributed by atoms with Gasteiger partial charge in [-0.25, -0.2) is 9.18 Å². The maximum Gasteiger partial charge on any atom is 0.341 e. The number of esters is 1. The number of hydrogen-bond acceptors (Lipinski definition) is 4. The SMILES string of the molecule is CC(C)(OC(=O)c1cc(I)ccc1F)C(F)(F)C(=O)[O-]. The number of carboxylic acid groups (broad SMARTS) is 1. The molecule has 0 bridgehead atoms. The maximum atomic E-state index is 13.4. The average molecular weight is 401 g/mol. The first-order chi connectivity index (χ1) is 8.99. The lowest BCUT2D eigenvalue weighted by Gasteiger charge is -2.33. The first-order valence-electron chi connectivity index (χ1n) is 5.26. The normalized spacial score (nSPS) is 12.1. The van der Waals surface area contributed by atoms with Crippen LogP contribution in [0, 0.1) is 9.39 Å². The molecular formula is C12H9F3IO4-. The molecule has 1 aromatic carbocycles. The van der Waals surface area contributed by atoms with Gasteiger partial charge in [0.2, 0.25) is 0 Å². The lowest BCUT2D eigenvalue weighted by atomic mass is 10.0. The van der Waals surface area contributed by atoms with Crippen molar-refractivity contribution in [1.29, 1.82) is 0 Å². The van der Waals surface area contributed by atoms with Crippen molar-refractivity contribution in [3.63, 3.8) is 0 Å². The Balaban J connectivity index is 3.06. The fourth-order valence-corrected chi connectivity index (χ4v) is 1.74. The molecule has 0 N–H and O–H groups in total. The van der Waals surface area contributed by atoms with Crippen LogP contribution in [0.1, 0.15) is 24.2 Å². The van der Waals surface area contributed by atoms with Gasteiger partial charge in [0.05, 0.1) is 5.56 Å². The van der Waals surface area contributed by atoms with E-state index in [2.05, 4.69) is 4.74 Å². The summed E-state index contributed by atoms with van der Waals surface area (Å²) in [6, 6.07) is 3.45. The topological polar surface area (TPSA) is 66.4 Å². The standard InChI is InChI=1S/C12H10F3IO4/c1-11(2,12(14,15)10(18)19)20-9(17)7-5-6(16)3-4-8(7)13/h3-5H,1-2H3,(H,18,19)/p-1. The van der Waals surface area contributed by atoms with Crippen molar-refractivity contribution in [2.45, 2.75) is 25.4 Å². The van der Waals surface area contributed by atoms with Crippen LogP contribution in [0.3, 0.4) is 0 Å². The number of benzene rings is 1. The van der Waals surface area contributed by atoms with Gasteiger partial charge >= 0.3 is 11.9 Å². The molecule has 0 saturated heterocycles. The minimum absolute atomic E-state index is 0.486. The summed E-state index contributed by atoms with van der Waals surface area (Å²) in [4.78, 5) is 22.1. The predicted octanol–water partition coefficient (Wildman–Crippen LogP) is 1.75. The number of rotatable bonds is 4. The molecule has 0 aliphatic rings. The van der Waals surface area contributed by atoms with Crippen LogP contribution in [0.2, 0.25) is 0 Å². The largest absolute Gasteiger partial charge is 0.544 e. The molecule has 0 aliphatic heterocycles. The second kappa shape index (κ2) is 5.58. The van der Waals surface area contributed by atoms with Crippen LogP contribution in [0.15, 0.2) is 18.2 Å². The van der Waals surface area contributed by atoms with E-state index in [1.165, 1.54) is 6.07 Å². The quantitative estimate of drug-likeness (QED) is 0.570. The molecule has 0 unspecified atom stereocenters. The number of halogens is 4. The molecule has 0 atom stereocenters. The van der Waals surface area contributed by atoms with Crippen molar-refractivity contribution in [3.05, 3.63) is 33.1 Å². The second-order valence-electron chi connectivity index (χ2n) is 4.39. The average Bonchev–Trinajstić information content (AvgIpc) is 2.31. The van der Waals surface area contributed by atoms with E-state index in [1.54, 1.807) is 22.6 Å². The van der Waals surface area contributed by atoms with Crippen molar-refractivity contribution in [3.8, 4) is 0 Å². The van der Waals surface area contributed by atoms with Gasteiger partial charge in [0.25, 0.3) is 0 Å². The molecule has 110 valence electrons. The fourth-order valence-electron chi connectivity index (χ4n) is 1.25. The van der Waals surface area contributed by atoms with Crippen LogP contribution in [-0.4, -0.2) is 23.5 Å². The van der Waals surface area contributed by atoms with Crippen molar-refractivity contribution in [1.82, 2.24) is 0 Å². The molecule has 0 saturated carbocycles. The summed E-state index contributed by atoms with van der Waals surface area (Å²) < 4.78 is 45.0. The monoisotopic (exact) mass is 401 g/mol.